The molecule has 0 radical (unpaired) electrons. The number of rotatable bonds is 2. The van der Waals surface area contributed by atoms with Crippen molar-refractivity contribution >= 4 is 71.9 Å². The van der Waals surface area contributed by atoms with Crippen molar-refractivity contribution in [3.8, 4) is 0 Å². The number of aromatic amines is 1. The fourth-order valence-electron chi connectivity index (χ4n) is 5.49. The molecule has 0 amide bonds. The highest BCUT2D eigenvalue weighted by Gasteiger charge is 2.53. The summed E-state index contributed by atoms with van der Waals surface area (Å²) in [5.41, 5.74) is 11.6. The van der Waals surface area contributed by atoms with Crippen LogP contribution in [-0.4, -0.2) is 84.1 Å². The van der Waals surface area contributed by atoms with E-state index in [2.05, 4.69) is 44.4 Å². The zero-order valence-corrected chi connectivity index (χ0v) is 26.2. The maximum Gasteiger partial charge on any atom is 0.386 e. The van der Waals surface area contributed by atoms with E-state index in [9.17, 15) is 19.0 Å². The normalized spacial score (nSPS) is 37.7. The third-order valence-corrected chi connectivity index (χ3v) is 10.8. The van der Waals surface area contributed by atoms with E-state index in [0.717, 1.165) is 0 Å². The van der Waals surface area contributed by atoms with Crippen LogP contribution < -0.4 is 17.0 Å². The molecule has 0 spiro atoms. The number of aromatic nitrogens is 6. The van der Waals surface area contributed by atoms with Crippen LogP contribution in [0.15, 0.2) is 35.6 Å². The van der Waals surface area contributed by atoms with Crippen LogP contribution in [0.3, 0.4) is 0 Å². The Bertz CT molecular complexity index is 1950. The van der Waals surface area contributed by atoms with E-state index in [0.29, 0.717) is 16.7 Å². The Morgan fingerprint density at radius 3 is 2.42 bits per heavy atom. The van der Waals surface area contributed by atoms with E-state index in [-0.39, 0.29) is 17.1 Å². The number of anilines is 2. The van der Waals surface area contributed by atoms with Crippen LogP contribution in [0.5, 0.6) is 0 Å². The molecule has 6 N–H and O–H groups in total. The maximum atomic E-state index is 16.0. The average molecular weight is 707 g/mol. The number of nitrogens with two attached hydrogens (primary N) is 2. The molecule has 0 aromatic carbocycles. The molecule has 18 nitrogen and oxygen atoms in total. The molecule has 0 saturated carbocycles. The largest absolute Gasteiger partial charge is 0.398 e. The number of hydrogen-bond acceptors (Lipinski definition) is 15. The number of hydrogen-bond donors (Lipinski definition) is 6. The van der Waals surface area contributed by atoms with E-state index < -0.39 is 81.5 Å². The van der Waals surface area contributed by atoms with Crippen molar-refractivity contribution in [1.29, 1.82) is 0 Å². The molecule has 4 aromatic rings. The Kier molecular flexibility index (Phi) is 7.81. The summed E-state index contributed by atoms with van der Waals surface area (Å²) in [5, 5.41) is 11.7. The number of nitrogens with one attached hydrogen (secondary N) is 1. The lowest BCUT2D eigenvalue weighted by Gasteiger charge is -2.26. The van der Waals surface area contributed by atoms with Crippen molar-refractivity contribution in [2.75, 3.05) is 24.7 Å². The minimum atomic E-state index is -4.40. The second kappa shape index (κ2) is 11.3. The summed E-state index contributed by atoms with van der Waals surface area (Å²) >= 11 is 8.07. The van der Waals surface area contributed by atoms with Gasteiger partial charge in [-0.15, -0.1) is 0 Å². The third-order valence-electron chi connectivity index (χ3n) is 7.54. The van der Waals surface area contributed by atoms with Gasteiger partial charge in [0, 0.05) is 23.5 Å². The molecule has 2 bridgehead atoms. The topological polar surface area (TPSA) is 243 Å². The molecule has 4 aromatic heterocycles. The summed E-state index contributed by atoms with van der Waals surface area (Å²) in [6.07, 6.45) is -7.87. The van der Waals surface area contributed by atoms with Crippen LogP contribution in [0.1, 0.15) is 12.5 Å². The second-order valence-electron chi connectivity index (χ2n) is 10.4. The Hall–Kier alpha value is -2.55. The van der Waals surface area contributed by atoms with Gasteiger partial charge in [-0.1, -0.05) is 24.5 Å². The standard InChI is InChI=1S/C22H25FN8O10P2S2/c23-12-15-11(39-20(12)30-4-2-8-9(24)1-3-26-17(8)30)6-37-43(35,45)41-16-14(32)10(5-36-42(34,44)40-15)38-21(16)31-7-27-13-18(31)28-22(25)29-19(13)33/h1-4,7,10-12,14-16,20-21,32H,5-6H2,(H2,24,26)(H,34,44)(H,35,45)(H3,25,28,29,33)/t10-,11-,12?,14+,15+,16?,20-,21-,42?,43?/m1/s1. The zero-order chi connectivity index (χ0) is 31.8. The lowest BCUT2D eigenvalue weighted by atomic mass is 10.1. The molecule has 4 unspecified atom stereocenters. The Morgan fingerprint density at radius 1 is 0.978 bits per heavy atom. The van der Waals surface area contributed by atoms with Gasteiger partial charge in [0.1, 0.15) is 36.2 Å². The summed E-state index contributed by atoms with van der Waals surface area (Å²) < 4.78 is 79.4. The van der Waals surface area contributed by atoms with Crippen LogP contribution in [0.25, 0.3) is 22.2 Å². The van der Waals surface area contributed by atoms with Gasteiger partial charge in [0.05, 0.1) is 19.5 Å². The number of pyridine rings is 1. The van der Waals surface area contributed by atoms with Gasteiger partial charge < -0.3 is 30.6 Å². The summed E-state index contributed by atoms with van der Waals surface area (Å²) in [6, 6.07) is 3.21. The van der Waals surface area contributed by atoms with Crippen LogP contribution in [0, 0.1) is 0 Å². The van der Waals surface area contributed by atoms with Crippen LogP contribution in [0.2, 0.25) is 0 Å². The highest BCUT2D eigenvalue weighted by Crippen LogP contribution is 2.60. The molecular formula is C22H25FN8O10P2S2. The predicted octanol–water partition coefficient (Wildman–Crippen LogP) is 1.72. The summed E-state index contributed by atoms with van der Waals surface area (Å²) in [5.74, 6) is -0.230. The van der Waals surface area contributed by atoms with E-state index in [1.807, 2.05) is 0 Å². The number of H-pyrrole nitrogens is 1. The highest BCUT2D eigenvalue weighted by atomic mass is 32.7. The molecule has 45 heavy (non-hydrogen) atoms. The molecule has 7 heterocycles. The number of imidazole rings is 1. The molecule has 242 valence electrons. The number of thiol groups is 2. The molecular weight excluding hydrogens is 681 g/mol. The number of aliphatic hydroxyl groups is 1. The number of alkyl halides is 1. The van der Waals surface area contributed by atoms with Gasteiger partial charge in [-0.3, -0.25) is 32.4 Å². The molecule has 3 aliphatic heterocycles. The van der Waals surface area contributed by atoms with Gasteiger partial charge in [0.15, 0.2) is 29.8 Å². The van der Waals surface area contributed by atoms with Gasteiger partial charge in [0.25, 0.3) is 5.56 Å². The SMILES string of the molecule is Nc1nc2c(ncn2[C@@H]2O[C@@H]3COP(=O)(S)O[C@@H]4C(F)[C@H](n5ccc6c(N)ccnc65)O[C@@H]4COP(=O)(S)OC2[C@H]3O)c(=O)[nH]1. The molecule has 3 fully saturated rings. The molecule has 23 heteroatoms. The van der Waals surface area contributed by atoms with Crippen LogP contribution >= 0.6 is 38.1 Å². The third kappa shape index (κ3) is 5.59. The Labute approximate surface area is 261 Å². The lowest BCUT2D eigenvalue weighted by molar-refractivity contribution is -0.0567. The number of ether oxygens (including phenoxy) is 2. The van der Waals surface area contributed by atoms with Gasteiger partial charge in [-0.25, -0.2) is 23.5 Å². The molecule has 3 aliphatic rings. The van der Waals surface area contributed by atoms with E-state index in [4.69, 9.17) is 39.0 Å². The average Bonchev–Trinajstić information content (AvgIpc) is 3.72. The highest BCUT2D eigenvalue weighted by molar-refractivity contribution is 8.44. The van der Waals surface area contributed by atoms with Crippen molar-refractivity contribution < 1.29 is 46.2 Å². The van der Waals surface area contributed by atoms with Gasteiger partial charge in [0.2, 0.25) is 5.95 Å². The Balaban J connectivity index is 1.21. The lowest BCUT2D eigenvalue weighted by Crippen LogP contribution is -2.35. The Morgan fingerprint density at radius 2 is 1.67 bits per heavy atom. The first kappa shape index (κ1) is 31.1. The summed E-state index contributed by atoms with van der Waals surface area (Å²) in [4.78, 5) is 27.0. The minimum absolute atomic E-state index is 0.0427. The molecule has 0 aliphatic carbocycles. The first-order valence-corrected chi connectivity index (χ1v) is 18.6. The van der Waals surface area contributed by atoms with E-state index in [1.165, 1.54) is 27.9 Å². The number of nitrogen functional groups attached to an aromatic ring is 2. The summed E-state index contributed by atoms with van der Waals surface area (Å²) in [7, 11) is 0. The van der Waals surface area contributed by atoms with E-state index >= 15 is 4.39 Å². The molecule has 7 rings (SSSR count). The quantitative estimate of drug-likeness (QED) is 0.128. The van der Waals surface area contributed by atoms with Crippen molar-refractivity contribution in [3.05, 3.63) is 41.2 Å². The number of halogens is 1. The second-order valence-corrected chi connectivity index (χ2v) is 16.1. The monoisotopic (exact) mass is 706 g/mol. The van der Waals surface area contributed by atoms with Crippen molar-refractivity contribution in [2.45, 2.75) is 49.1 Å². The van der Waals surface area contributed by atoms with Gasteiger partial charge >= 0.3 is 13.6 Å². The number of aliphatic hydroxyl groups excluding tert-OH is 1. The van der Waals surface area contributed by atoms with Crippen molar-refractivity contribution in [2.24, 2.45) is 0 Å². The van der Waals surface area contributed by atoms with E-state index in [1.54, 1.807) is 12.1 Å². The fraction of sp³-hybridized carbons (Fsp3) is 0.455. The minimum Gasteiger partial charge on any atom is -0.398 e. The number of fused-ring (bicyclic) bond motifs is 5. The maximum absolute atomic E-state index is 16.0. The molecule has 10 atom stereocenters. The van der Waals surface area contributed by atoms with Gasteiger partial charge in [-0.05, 0) is 12.1 Å². The van der Waals surface area contributed by atoms with Crippen molar-refractivity contribution in [3.63, 3.8) is 0 Å². The smallest absolute Gasteiger partial charge is 0.386 e. The van der Waals surface area contributed by atoms with Crippen LogP contribution in [-0.2, 0) is 36.7 Å². The number of nitrogens with zero attached hydrogens (tertiary/aromatic N) is 5. The zero-order valence-electron chi connectivity index (χ0n) is 22.6. The fourth-order valence-corrected chi connectivity index (χ4v) is 8.43. The van der Waals surface area contributed by atoms with Gasteiger partial charge in [-0.2, -0.15) is 4.98 Å². The predicted molar refractivity (Wildman–Crippen MR) is 160 cm³/mol. The first-order valence-electron chi connectivity index (χ1n) is 13.2. The first-order chi connectivity index (χ1) is 21.3. The molecule has 3 saturated heterocycles. The summed E-state index contributed by atoms with van der Waals surface area (Å²) in [6.45, 7) is -10.0. The van der Waals surface area contributed by atoms with Crippen LogP contribution in [0.4, 0.5) is 16.0 Å². The van der Waals surface area contributed by atoms with Crippen molar-refractivity contribution in [1.82, 2.24) is 29.1 Å².